The normalized spacial score (nSPS) is 11.7. The van der Waals surface area contributed by atoms with Gasteiger partial charge in [-0.2, -0.15) is 0 Å². The highest BCUT2D eigenvalue weighted by Gasteiger charge is 2.07. The Kier molecular flexibility index (Phi) is 2.54. The molecule has 0 bridgehead atoms. The molecule has 1 amide bonds. The van der Waals surface area contributed by atoms with E-state index >= 15 is 0 Å². The topological polar surface area (TPSA) is 42.2 Å². The number of hydrogen-bond donors (Lipinski definition) is 1. The summed E-state index contributed by atoms with van der Waals surface area (Å²) in [6.45, 7) is 1.83. The standard InChI is InChI=1S/C9H9NO2/c1-3-9(11)10-7(2)8-4-5-12-6-8/h1,4-7H,2H3,(H,10,11). The average Bonchev–Trinajstić information content (AvgIpc) is 2.56. The molecule has 12 heavy (non-hydrogen) atoms. The third-order valence-electron chi connectivity index (χ3n) is 1.52. The summed E-state index contributed by atoms with van der Waals surface area (Å²) in [6.07, 6.45) is 8.01. The number of carbonyl (C=O) groups excluding carboxylic acids is 1. The Morgan fingerprint density at radius 1 is 1.83 bits per heavy atom. The van der Waals surface area contributed by atoms with E-state index < -0.39 is 5.91 Å². The molecule has 1 aromatic rings. The lowest BCUT2D eigenvalue weighted by atomic mass is 10.2. The van der Waals surface area contributed by atoms with E-state index in [1.807, 2.05) is 12.8 Å². The molecule has 3 heteroatoms. The minimum Gasteiger partial charge on any atom is -0.472 e. The summed E-state index contributed by atoms with van der Waals surface area (Å²) in [5.41, 5.74) is 0.901. The highest BCUT2D eigenvalue weighted by atomic mass is 16.3. The fraction of sp³-hybridized carbons (Fsp3) is 0.222. The summed E-state index contributed by atoms with van der Waals surface area (Å²) in [5.74, 6) is 1.56. The molecule has 62 valence electrons. The van der Waals surface area contributed by atoms with Gasteiger partial charge >= 0.3 is 0 Å². The number of hydrogen-bond acceptors (Lipinski definition) is 2. The molecule has 1 aromatic heterocycles. The van der Waals surface area contributed by atoms with E-state index in [-0.39, 0.29) is 6.04 Å². The number of furan rings is 1. The Labute approximate surface area is 70.8 Å². The van der Waals surface area contributed by atoms with Crippen LogP contribution in [0, 0.1) is 12.3 Å². The second kappa shape index (κ2) is 3.63. The summed E-state index contributed by atoms with van der Waals surface area (Å²) in [4.78, 5) is 10.7. The molecule has 0 aliphatic carbocycles. The summed E-state index contributed by atoms with van der Waals surface area (Å²) < 4.78 is 4.85. The van der Waals surface area contributed by atoms with Crippen LogP contribution in [0.4, 0.5) is 0 Å². The second-order valence-electron chi connectivity index (χ2n) is 2.40. The Balaban J connectivity index is 2.57. The first-order chi connectivity index (χ1) is 5.74. The molecule has 0 spiro atoms. The molecule has 0 saturated heterocycles. The molecule has 0 fully saturated rings. The predicted octanol–water partition coefficient (Wildman–Crippen LogP) is 1.09. The first-order valence-corrected chi connectivity index (χ1v) is 3.53. The molecular weight excluding hydrogens is 154 g/mol. The van der Waals surface area contributed by atoms with Crippen LogP contribution in [0.25, 0.3) is 0 Å². The van der Waals surface area contributed by atoms with Gasteiger partial charge in [0.2, 0.25) is 0 Å². The lowest BCUT2D eigenvalue weighted by Gasteiger charge is -2.07. The highest BCUT2D eigenvalue weighted by Crippen LogP contribution is 2.11. The summed E-state index contributed by atoms with van der Waals surface area (Å²) in [5, 5.41) is 2.60. The van der Waals surface area contributed by atoms with Crippen LogP contribution in [0.3, 0.4) is 0 Å². The van der Waals surface area contributed by atoms with Crippen LogP contribution < -0.4 is 5.32 Å². The maximum Gasteiger partial charge on any atom is 0.296 e. The van der Waals surface area contributed by atoms with Crippen LogP contribution in [0.2, 0.25) is 0 Å². The fourth-order valence-corrected chi connectivity index (χ4v) is 0.843. The largest absolute Gasteiger partial charge is 0.472 e. The Morgan fingerprint density at radius 3 is 3.08 bits per heavy atom. The molecule has 1 rings (SSSR count). The maximum absolute atomic E-state index is 10.7. The van der Waals surface area contributed by atoms with E-state index in [9.17, 15) is 4.79 Å². The number of amides is 1. The van der Waals surface area contributed by atoms with E-state index in [4.69, 9.17) is 10.8 Å². The van der Waals surface area contributed by atoms with E-state index in [1.165, 1.54) is 0 Å². The quantitative estimate of drug-likeness (QED) is 0.663. The Morgan fingerprint density at radius 2 is 2.58 bits per heavy atom. The van der Waals surface area contributed by atoms with Gasteiger partial charge in [0, 0.05) is 5.56 Å². The van der Waals surface area contributed by atoms with Crippen molar-refractivity contribution in [1.82, 2.24) is 5.32 Å². The van der Waals surface area contributed by atoms with Crippen molar-refractivity contribution in [3.05, 3.63) is 24.2 Å². The Bertz CT molecular complexity index is 295. The first kappa shape index (κ1) is 8.41. The van der Waals surface area contributed by atoms with E-state index in [0.29, 0.717) is 0 Å². The maximum atomic E-state index is 10.7. The van der Waals surface area contributed by atoms with Crippen molar-refractivity contribution in [2.45, 2.75) is 13.0 Å². The third kappa shape index (κ3) is 1.89. The van der Waals surface area contributed by atoms with Gasteiger partial charge in [-0.05, 0) is 18.9 Å². The monoisotopic (exact) mass is 163 g/mol. The van der Waals surface area contributed by atoms with Crippen LogP contribution >= 0.6 is 0 Å². The molecule has 0 aliphatic heterocycles. The lowest BCUT2D eigenvalue weighted by Crippen LogP contribution is -2.24. The molecule has 1 heterocycles. The second-order valence-corrected chi connectivity index (χ2v) is 2.40. The molecule has 0 aliphatic rings. The minimum absolute atomic E-state index is 0.104. The van der Waals surface area contributed by atoms with Gasteiger partial charge in [-0.25, -0.2) is 0 Å². The summed E-state index contributed by atoms with van der Waals surface area (Å²) in [6, 6.07) is 1.67. The van der Waals surface area contributed by atoms with Crippen molar-refractivity contribution in [2.75, 3.05) is 0 Å². The predicted molar refractivity (Wildman–Crippen MR) is 44.1 cm³/mol. The zero-order chi connectivity index (χ0) is 8.97. The van der Waals surface area contributed by atoms with Crippen molar-refractivity contribution < 1.29 is 9.21 Å². The van der Waals surface area contributed by atoms with Gasteiger partial charge in [0.1, 0.15) is 0 Å². The zero-order valence-corrected chi connectivity index (χ0v) is 6.70. The molecule has 3 nitrogen and oxygen atoms in total. The minimum atomic E-state index is -0.413. The number of rotatable bonds is 2. The van der Waals surface area contributed by atoms with Crippen molar-refractivity contribution in [2.24, 2.45) is 0 Å². The number of carbonyl (C=O) groups is 1. The highest BCUT2D eigenvalue weighted by molar-refractivity contribution is 5.93. The average molecular weight is 163 g/mol. The van der Waals surface area contributed by atoms with Crippen LogP contribution in [0.15, 0.2) is 23.0 Å². The molecule has 1 unspecified atom stereocenters. The molecule has 1 atom stereocenters. The molecule has 0 radical (unpaired) electrons. The lowest BCUT2D eigenvalue weighted by molar-refractivity contribution is -0.116. The van der Waals surface area contributed by atoms with Crippen LogP contribution in [0.5, 0.6) is 0 Å². The van der Waals surface area contributed by atoms with E-state index in [1.54, 1.807) is 18.6 Å². The van der Waals surface area contributed by atoms with Gasteiger partial charge in [0.05, 0.1) is 18.6 Å². The zero-order valence-electron chi connectivity index (χ0n) is 6.70. The van der Waals surface area contributed by atoms with E-state index in [2.05, 4.69) is 5.32 Å². The van der Waals surface area contributed by atoms with E-state index in [0.717, 1.165) is 5.56 Å². The van der Waals surface area contributed by atoms with Gasteiger partial charge in [-0.15, -0.1) is 6.42 Å². The Hall–Kier alpha value is -1.69. The number of terminal acetylenes is 1. The molecular formula is C9H9NO2. The number of nitrogens with one attached hydrogen (secondary N) is 1. The van der Waals surface area contributed by atoms with Gasteiger partial charge in [-0.1, -0.05) is 0 Å². The SMILES string of the molecule is C#CC(=O)NC(C)c1ccoc1. The third-order valence-corrected chi connectivity index (χ3v) is 1.52. The van der Waals surface area contributed by atoms with Crippen molar-refractivity contribution in [3.8, 4) is 12.3 Å². The summed E-state index contributed by atoms with van der Waals surface area (Å²) >= 11 is 0. The van der Waals surface area contributed by atoms with Gasteiger partial charge in [0.25, 0.3) is 5.91 Å². The van der Waals surface area contributed by atoms with Crippen molar-refractivity contribution in [3.63, 3.8) is 0 Å². The molecule has 0 saturated carbocycles. The first-order valence-electron chi connectivity index (χ1n) is 3.53. The van der Waals surface area contributed by atoms with Crippen LogP contribution in [-0.4, -0.2) is 5.91 Å². The van der Waals surface area contributed by atoms with Gasteiger partial charge in [-0.3, -0.25) is 4.79 Å². The van der Waals surface area contributed by atoms with Crippen molar-refractivity contribution >= 4 is 5.91 Å². The van der Waals surface area contributed by atoms with Gasteiger partial charge < -0.3 is 9.73 Å². The molecule has 1 N–H and O–H groups in total. The van der Waals surface area contributed by atoms with Crippen molar-refractivity contribution in [1.29, 1.82) is 0 Å². The van der Waals surface area contributed by atoms with Gasteiger partial charge in [0.15, 0.2) is 0 Å². The summed E-state index contributed by atoms with van der Waals surface area (Å²) in [7, 11) is 0. The molecule has 0 aromatic carbocycles. The fourth-order valence-electron chi connectivity index (χ4n) is 0.843. The van der Waals surface area contributed by atoms with Crippen LogP contribution in [-0.2, 0) is 4.79 Å². The smallest absolute Gasteiger partial charge is 0.296 e. The van der Waals surface area contributed by atoms with Crippen LogP contribution in [0.1, 0.15) is 18.5 Å².